The van der Waals surface area contributed by atoms with Gasteiger partial charge in [-0.2, -0.15) is 0 Å². The number of anilines is 2. The summed E-state index contributed by atoms with van der Waals surface area (Å²) in [6.45, 7) is 10.3. The normalized spacial score (nSPS) is 17.3. The van der Waals surface area contributed by atoms with Gasteiger partial charge in [-0.3, -0.25) is 4.90 Å². The summed E-state index contributed by atoms with van der Waals surface area (Å²) in [5.74, 6) is 1.73. The lowest BCUT2D eigenvalue weighted by atomic mass is 10.1. The monoisotopic (exact) mass is 487 g/mol. The zero-order valence-electron chi connectivity index (χ0n) is 21.9. The molecule has 1 atom stereocenters. The van der Waals surface area contributed by atoms with Gasteiger partial charge in [0.1, 0.15) is 12.7 Å². The van der Waals surface area contributed by atoms with Crippen LogP contribution in [0.15, 0.2) is 72.8 Å². The number of nitrogens with zero attached hydrogens (tertiary/aromatic N) is 2. The minimum absolute atomic E-state index is 0.115. The molecule has 3 aromatic carbocycles. The maximum Gasteiger partial charge on any atom is 0.161 e. The summed E-state index contributed by atoms with van der Waals surface area (Å²) in [6, 6.07) is 24.8. The van der Waals surface area contributed by atoms with Crippen molar-refractivity contribution in [2.45, 2.75) is 45.6 Å². The van der Waals surface area contributed by atoms with Gasteiger partial charge in [-0.15, -0.1) is 0 Å². The van der Waals surface area contributed by atoms with E-state index in [0.717, 1.165) is 69.2 Å². The van der Waals surface area contributed by atoms with E-state index in [0.29, 0.717) is 6.61 Å². The number of fused-ring (bicyclic) bond motifs is 1. The van der Waals surface area contributed by atoms with Gasteiger partial charge in [0, 0.05) is 44.1 Å². The number of aryl methyl sites for hydroxylation is 2. The summed E-state index contributed by atoms with van der Waals surface area (Å²) in [5, 5.41) is 0. The van der Waals surface area contributed by atoms with Crippen molar-refractivity contribution >= 4 is 11.4 Å². The van der Waals surface area contributed by atoms with E-state index in [2.05, 4.69) is 54.0 Å². The van der Waals surface area contributed by atoms with Crippen molar-refractivity contribution in [3.05, 3.63) is 83.9 Å². The highest BCUT2D eigenvalue weighted by Crippen LogP contribution is 2.31. The molecule has 0 radical (unpaired) electrons. The van der Waals surface area contributed by atoms with Gasteiger partial charge in [-0.25, -0.2) is 0 Å². The van der Waals surface area contributed by atoms with Crippen LogP contribution in [0.5, 0.6) is 11.5 Å². The summed E-state index contributed by atoms with van der Waals surface area (Å²) >= 11 is 0. The second-order valence-electron chi connectivity index (χ2n) is 9.61. The number of para-hydroxylation sites is 4. The number of rotatable bonds is 7. The molecule has 0 unspecified atom stereocenters. The van der Waals surface area contributed by atoms with Gasteiger partial charge in [-0.05, 0) is 48.2 Å². The minimum atomic E-state index is 0.115. The van der Waals surface area contributed by atoms with Crippen molar-refractivity contribution in [2.24, 2.45) is 0 Å². The molecule has 5 rings (SSSR count). The molecule has 36 heavy (non-hydrogen) atoms. The number of piperazine rings is 1. The van der Waals surface area contributed by atoms with Crippen molar-refractivity contribution < 1.29 is 9.47 Å². The third-order valence-corrected chi connectivity index (χ3v) is 6.83. The molecule has 2 aliphatic heterocycles. The standard InChI is InChI=1S/C22H28N2O2.C9H13N/c1-2-7-18-8-3-4-9-20(18)24-14-12-23(13-15-24)16-19-17-25-21-10-5-6-11-22(21)26-19;1-2-5-8-6-3-4-7-9(8)10/h3-6,8-11,19H,2,7,12-17H2,1H3;3-4,6-7H,2,5,10H2,1H3/t19-;/m0./s1. The number of ether oxygens (including phenoxy) is 2. The van der Waals surface area contributed by atoms with Crippen molar-refractivity contribution in [1.82, 2.24) is 4.90 Å². The predicted octanol–water partition coefficient (Wildman–Crippen LogP) is 5.82. The van der Waals surface area contributed by atoms with Crippen LogP contribution in [-0.4, -0.2) is 50.3 Å². The lowest BCUT2D eigenvalue weighted by molar-refractivity contribution is 0.0571. The van der Waals surface area contributed by atoms with Crippen molar-refractivity contribution in [3.63, 3.8) is 0 Å². The van der Waals surface area contributed by atoms with E-state index in [4.69, 9.17) is 15.2 Å². The summed E-state index contributed by atoms with van der Waals surface area (Å²) in [6.07, 6.45) is 4.71. The largest absolute Gasteiger partial charge is 0.486 e. The summed E-state index contributed by atoms with van der Waals surface area (Å²) in [4.78, 5) is 5.04. The molecule has 2 heterocycles. The highest BCUT2D eigenvalue weighted by Gasteiger charge is 2.25. The molecule has 5 nitrogen and oxygen atoms in total. The van der Waals surface area contributed by atoms with Crippen molar-refractivity contribution in [3.8, 4) is 11.5 Å². The fourth-order valence-electron chi connectivity index (χ4n) is 4.94. The van der Waals surface area contributed by atoms with E-state index in [1.54, 1.807) is 0 Å². The van der Waals surface area contributed by atoms with E-state index < -0.39 is 0 Å². The first-order valence-electron chi connectivity index (χ1n) is 13.4. The van der Waals surface area contributed by atoms with Crippen LogP contribution in [0.3, 0.4) is 0 Å². The quantitative estimate of drug-likeness (QED) is 0.426. The third-order valence-electron chi connectivity index (χ3n) is 6.83. The van der Waals surface area contributed by atoms with Crippen molar-refractivity contribution in [2.75, 3.05) is 50.0 Å². The molecule has 0 saturated carbocycles. The van der Waals surface area contributed by atoms with E-state index in [1.807, 2.05) is 42.5 Å². The zero-order valence-corrected chi connectivity index (χ0v) is 21.9. The lowest BCUT2D eigenvalue weighted by Gasteiger charge is -2.39. The van der Waals surface area contributed by atoms with Crippen LogP contribution in [0.1, 0.15) is 37.8 Å². The fourth-order valence-corrected chi connectivity index (χ4v) is 4.94. The van der Waals surface area contributed by atoms with Crippen LogP contribution in [-0.2, 0) is 12.8 Å². The Kier molecular flexibility index (Phi) is 9.51. The van der Waals surface area contributed by atoms with Crippen LogP contribution in [0.2, 0.25) is 0 Å². The predicted molar refractivity (Wildman–Crippen MR) is 150 cm³/mol. The molecule has 2 aliphatic rings. The molecule has 0 aliphatic carbocycles. The van der Waals surface area contributed by atoms with E-state index in [-0.39, 0.29) is 6.10 Å². The van der Waals surface area contributed by atoms with Crippen LogP contribution < -0.4 is 20.1 Å². The average Bonchev–Trinajstić information content (AvgIpc) is 2.92. The first-order chi connectivity index (χ1) is 17.7. The summed E-state index contributed by atoms with van der Waals surface area (Å²) in [5.41, 5.74) is 10.8. The van der Waals surface area contributed by atoms with Gasteiger partial charge in [0.15, 0.2) is 11.5 Å². The third kappa shape index (κ3) is 6.94. The van der Waals surface area contributed by atoms with Gasteiger partial charge in [0.05, 0.1) is 0 Å². The minimum Gasteiger partial charge on any atom is -0.486 e. The SMILES string of the molecule is CCCc1ccccc1N.CCCc1ccccc1N1CCN(C[C@H]2COc3ccccc3O2)CC1. The van der Waals surface area contributed by atoms with E-state index in [1.165, 1.54) is 23.2 Å². The van der Waals surface area contributed by atoms with Gasteiger partial charge in [0.2, 0.25) is 0 Å². The molecule has 0 amide bonds. The molecule has 3 aromatic rings. The Hall–Kier alpha value is -3.18. The number of nitrogens with two attached hydrogens (primary N) is 1. The van der Waals surface area contributed by atoms with Crippen LogP contribution >= 0.6 is 0 Å². The Labute approximate surface area is 216 Å². The molecule has 0 aromatic heterocycles. The first kappa shape index (κ1) is 25.9. The topological polar surface area (TPSA) is 51.0 Å². The van der Waals surface area contributed by atoms with Gasteiger partial charge in [0.25, 0.3) is 0 Å². The summed E-state index contributed by atoms with van der Waals surface area (Å²) < 4.78 is 12.0. The second kappa shape index (κ2) is 13.2. The second-order valence-corrected chi connectivity index (χ2v) is 9.61. The molecule has 5 heteroatoms. The molecular weight excluding hydrogens is 446 g/mol. The van der Waals surface area contributed by atoms with Gasteiger partial charge in [-0.1, -0.05) is 75.2 Å². The maximum atomic E-state index is 6.12. The molecule has 1 saturated heterocycles. The fraction of sp³-hybridized carbons (Fsp3) is 0.419. The van der Waals surface area contributed by atoms with Gasteiger partial charge >= 0.3 is 0 Å². The average molecular weight is 488 g/mol. The molecule has 1 fully saturated rings. The molecule has 0 spiro atoms. The maximum absolute atomic E-state index is 6.12. The number of benzene rings is 3. The Morgan fingerprint density at radius 2 is 1.36 bits per heavy atom. The summed E-state index contributed by atoms with van der Waals surface area (Å²) in [7, 11) is 0. The Morgan fingerprint density at radius 3 is 2.08 bits per heavy atom. The highest BCUT2D eigenvalue weighted by atomic mass is 16.6. The Morgan fingerprint density at radius 1 is 0.750 bits per heavy atom. The van der Waals surface area contributed by atoms with Crippen molar-refractivity contribution in [1.29, 1.82) is 0 Å². The lowest BCUT2D eigenvalue weighted by Crippen LogP contribution is -2.50. The van der Waals surface area contributed by atoms with Gasteiger partial charge < -0.3 is 20.1 Å². The van der Waals surface area contributed by atoms with Crippen LogP contribution in [0, 0.1) is 0 Å². The highest BCUT2D eigenvalue weighted by molar-refractivity contribution is 5.54. The Balaban J connectivity index is 0.000000256. The van der Waals surface area contributed by atoms with Crippen LogP contribution in [0.4, 0.5) is 11.4 Å². The van der Waals surface area contributed by atoms with E-state index in [9.17, 15) is 0 Å². The first-order valence-corrected chi connectivity index (χ1v) is 13.4. The number of hydrogen-bond donors (Lipinski definition) is 1. The Bertz CT molecular complexity index is 1080. The molecule has 2 N–H and O–H groups in total. The molecule has 192 valence electrons. The van der Waals surface area contributed by atoms with E-state index >= 15 is 0 Å². The van der Waals surface area contributed by atoms with Crippen LogP contribution in [0.25, 0.3) is 0 Å². The number of hydrogen-bond acceptors (Lipinski definition) is 5. The zero-order chi connectivity index (χ0) is 25.2. The number of nitrogen functional groups attached to an aromatic ring is 1. The molecular formula is C31H41N3O2. The smallest absolute Gasteiger partial charge is 0.161 e. The molecule has 0 bridgehead atoms.